The van der Waals surface area contributed by atoms with Crippen LogP contribution in [-0.4, -0.2) is 6.04 Å². The zero-order valence-electron chi connectivity index (χ0n) is 10.4. The summed E-state index contributed by atoms with van der Waals surface area (Å²) >= 11 is 0. The van der Waals surface area contributed by atoms with Crippen LogP contribution in [0.4, 0.5) is 4.39 Å². The van der Waals surface area contributed by atoms with E-state index in [-0.39, 0.29) is 5.82 Å². The molecule has 2 aliphatic rings. The maximum absolute atomic E-state index is 13.6. The molecule has 17 heavy (non-hydrogen) atoms. The average molecular weight is 233 g/mol. The van der Waals surface area contributed by atoms with Crippen molar-refractivity contribution in [1.82, 2.24) is 5.32 Å². The van der Waals surface area contributed by atoms with E-state index in [9.17, 15) is 4.39 Å². The minimum absolute atomic E-state index is 0.0775. The SMILES string of the molecule is Cc1ccc(F)c(CNC2CC3CCC2C3)c1. The molecule has 0 amide bonds. The van der Waals surface area contributed by atoms with Gasteiger partial charge in [-0.25, -0.2) is 4.39 Å². The van der Waals surface area contributed by atoms with Crippen LogP contribution in [-0.2, 0) is 6.54 Å². The largest absolute Gasteiger partial charge is 0.310 e. The van der Waals surface area contributed by atoms with Crippen LogP contribution >= 0.6 is 0 Å². The molecule has 2 fully saturated rings. The first-order valence-electron chi connectivity index (χ1n) is 6.71. The highest BCUT2D eigenvalue weighted by Gasteiger charge is 2.38. The van der Waals surface area contributed by atoms with Gasteiger partial charge in [-0.2, -0.15) is 0 Å². The van der Waals surface area contributed by atoms with Crippen molar-refractivity contribution in [2.45, 2.75) is 45.2 Å². The third-order valence-corrected chi connectivity index (χ3v) is 4.49. The van der Waals surface area contributed by atoms with E-state index >= 15 is 0 Å². The number of benzene rings is 1. The van der Waals surface area contributed by atoms with Crippen molar-refractivity contribution in [2.75, 3.05) is 0 Å². The number of aryl methyl sites for hydroxylation is 1. The lowest BCUT2D eigenvalue weighted by molar-refractivity contribution is 0.349. The topological polar surface area (TPSA) is 12.0 Å². The number of halogens is 1. The Bertz CT molecular complexity index is 415. The molecule has 1 aromatic rings. The Morgan fingerprint density at radius 1 is 1.29 bits per heavy atom. The van der Waals surface area contributed by atoms with Gasteiger partial charge in [-0.05, 0) is 44.1 Å². The smallest absolute Gasteiger partial charge is 0.127 e. The van der Waals surface area contributed by atoms with Gasteiger partial charge in [0.1, 0.15) is 5.82 Å². The Kier molecular flexibility index (Phi) is 2.91. The molecule has 3 atom stereocenters. The second kappa shape index (κ2) is 4.41. The lowest BCUT2D eigenvalue weighted by Gasteiger charge is -2.23. The molecule has 92 valence electrons. The first-order valence-corrected chi connectivity index (χ1v) is 6.71. The molecule has 1 nitrogen and oxygen atoms in total. The number of hydrogen-bond donors (Lipinski definition) is 1. The van der Waals surface area contributed by atoms with Gasteiger partial charge in [0.15, 0.2) is 0 Å². The van der Waals surface area contributed by atoms with Crippen molar-refractivity contribution >= 4 is 0 Å². The molecule has 2 bridgehead atoms. The van der Waals surface area contributed by atoms with Crippen molar-refractivity contribution < 1.29 is 4.39 Å². The van der Waals surface area contributed by atoms with Crippen LogP contribution in [0.15, 0.2) is 18.2 Å². The molecule has 2 saturated carbocycles. The molecule has 0 aromatic heterocycles. The van der Waals surface area contributed by atoms with Crippen LogP contribution < -0.4 is 5.32 Å². The van der Waals surface area contributed by atoms with Crippen molar-refractivity contribution in [3.63, 3.8) is 0 Å². The second-order valence-electron chi connectivity index (χ2n) is 5.76. The second-order valence-corrected chi connectivity index (χ2v) is 5.76. The summed E-state index contributed by atoms with van der Waals surface area (Å²) in [5.74, 6) is 1.72. The highest BCUT2D eigenvalue weighted by atomic mass is 19.1. The molecule has 0 spiro atoms. The summed E-state index contributed by atoms with van der Waals surface area (Å²) in [6.07, 6.45) is 5.49. The Morgan fingerprint density at radius 3 is 2.88 bits per heavy atom. The minimum Gasteiger partial charge on any atom is -0.310 e. The van der Waals surface area contributed by atoms with E-state index in [1.807, 2.05) is 19.1 Å². The van der Waals surface area contributed by atoms with Crippen LogP contribution in [0, 0.1) is 24.6 Å². The molecule has 0 heterocycles. The monoisotopic (exact) mass is 233 g/mol. The van der Waals surface area contributed by atoms with E-state index in [2.05, 4.69) is 5.32 Å². The predicted octanol–water partition coefficient (Wildman–Crippen LogP) is 3.41. The van der Waals surface area contributed by atoms with Crippen LogP contribution in [0.1, 0.15) is 36.8 Å². The first-order chi connectivity index (χ1) is 8.22. The molecule has 0 aliphatic heterocycles. The van der Waals surface area contributed by atoms with Gasteiger partial charge in [0.05, 0.1) is 0 Å². The summed E-state index contributed by atoms with van der Waals surface area (Å²) in [5, 5.41) is 3.56. The highest BCUT2D eigenvalue weighted by molar-refractivity contribution is 5.24. The van der Waals surface area contributed by atoms with Gasteiger partial charge in [-0.1, -0.05) is 24.1 Å². The molecule has 3 rings (SSSR count). The number of fused-ring (bicyclic) bond motifs is 2. The third-order valence-electron chi connectivity index (χ3n) is 4.49. The standard InChI is InChI=1S/C15H20FN/c1-10-2-5-14(16)13(6-10)9-17-15-8-11-3-4-12(15)7-11/h2,5-6,11-12,15,17H,3-4,7-9H2,1H3. The van der Waals surface area contributed by atoms with E-state index in [0.717, 1.165) is 23.0 Å². The fraction of sp³-hybridized carbons (Fsp3) is 0.600. The summed E-state index contributed by atoms with van der Waals surface area (Å²) in [6.45, 7) is 2.70. The van der Waals surface area contributed by atoms with Gasteiger partial charge < -0.3 is 5.32 Å². The normalized spacial score (nSPS) is 31.1. The Hall–Kier alpha value is -0.890. The van der Waals surface area contributed by atoms with E-state index < -0.39 is 0 Å². The molecule has 3 unspecified atom stereocenters. The van der Waals surface area contributed by atoms with E-state index in [4.69, 9.17) is 0 Å². The summed E-state index contributed by atoms with van der Waals surface area (Å²) in [7, 11) is 0. The fourth-order valence-corrected chi connectivity index (χ4v) is 3.57. The van der Waals surface area contributed by atoms with E-state index in [1.54, 1.807) is 6.07 Å². The van der Waals surface area contributed by atoms with Gasteiger partial charge in [-0.15, -0.1) is 0 Å². The predicted molar refractivity (Wildman–Crippen MR) is 67.2 cm³/mol. The minimum atomic E-state index is -0.0775. The van der Waals surface area contributed by atoms with Gasteiger partial charge in [0, 0.05) is 18.2 Å². The molecular formula is C15H20FN. The number of hydrogen-bond acceptors (Lipinski definition) is 1. The van der Waals surface area contributed by atoms with Crippen molar-refractivity contribution in [2.24, 2.45) is 11.8 Å². The van der Waals surface area contributed by atoms with Gasteiger partial charge in [0.2, 0.25) is 0 Å². The van der Waals surface area contributed by atoms with Gasteiger partial charge in [-0.3, -0.25) is 0 Å². The van der Waals surface area contributed by atoms with Crippen LogP contribution in [0.3, 0.4) is 0 Å². The summed E-state index contributed by atoms with van der Waals surface area (Å²) in [5.41, 5.74) is 1.95. The van der Waals surface area contributed by atoms with E-state index in [0.29, 0.717) is 12.6 Å². The number of nitrogens with one attached hydrogen (secondary N) is 1. The molecule has 0 radical (unpaired) electrons. The Morgan fingerprint density at radius 2 is 2.18 bits per heavy atom. The fourth-order valence-electron chi connectivity index (χ4n) is 3.57. The molecule has 2 aliphatic carbocycles. The summed E-state index contributed by atoms with van der Waals surface area (Å²) in [4.78, 5) is 0. The zero-order chi connectivity index (χ0) is 11.8. The lowest BCUT2D eigenvalue weighted by atomic mass is 9.95. The van der Waals surface area contributed by atoms with Crippen molar-refractivity contribution in [1.29, 1.82) is 0 Å². The summed E-state index contributed by atoms with van der Waals surface area (Å²) < 4.78 is 13.6. The number of rotatable bonds is 3. The van der Waals surface area contributed by atoms with Gasteiger partial charge in [0.25, 0.3) is 0 Å². The molecule has 2 heteroatoms. The quantitative estimate of drug-likeness (QED) is 0.843. The van der Waals surface area contributed by atoms with Crippen LogP contribution in [0.25, 0.3) is 0 Å². The summed E-state index contributed by atoms with van der Waals surface area (Å²) in [6, 6.07) is 5.99. The Balaban J connectivity index is 1.62. The highest BCUT2D eigenvalue weighted by Crippen LogP contribution is 2.44. The van der Waals surface area contributed by atoms with Crippen LogP contribution in [0.5, 0.6) is 0 Å². The average Bonchev–Trinajstić information content (AvgIpc) is 2.92. The lowest BCUT2D eigenvalue weighted by Crippen LogP contribution is -2.33. The van der Waals surface area contributed by atoms with Crippen molar-refractivity contribution in [3.05, 3.63) is 35.1 Å². The molecule has 1 N–H and O–H groups in total. The first kappa shape index (κ1) is 11.2. The zero-order valence-corrected chi connectivity index (χ0v) is 10.4. The van der Waals surface area contributed by atoms with Crippen molar-refractivity contribution in [3.8, 4) is 0 Å². The molecular weight excluding hydrogens is 213 g/mol. The maximum Gasteiger partial charge on any atom is 0.127 e. The molecule has 0 saturated heterocycles. The Labute approximate surface area is 102 Å². The van der Waals surface area contributed by atoms with Gasteiger partial charge >= 0.3 is 0 Å². The molecule has 1 aromatic carbocycles. The van der Waals surface area contributed by atoms with Crippen LogP contribution in [0.2, 0.25) is 0 Å². The maximum atomic E-state index is 13.6. The third kappa shape index (κ3) is 2.23. The van der Waals surface area contributed by atoms with E-state index in [1.165, 1.54) is 25.7 Å².